The molecule has 0 radical (unpaired) electrons. The number of hydrogen-bond acceptors (Lipinski definition) is 6. The molecule has 0 atom stereocenters. The Morgan fingerprint density at radius 3 is 2.47 bits per heavy atom. The first-order chi connectivity index (χ1) is 18.3. The molecule has 0 saturated heterocycles. The van der Waals surface area contributed by atoms with Crippen molar-refractivity contribution < 1.29 is 31.9 Å². The van der Waals surface area contributed by atoms with Gasteiger partial charge in [-0.25, -0.2) is 18.2 Å². The average molecular weight is 538 g/mol. The third-order valence-corrected chi connectivity index (χ3v) is 6.63. The first kappa shape index (κ1) is 25.0. The van der Waals surface area contributed by atoms with Gasteiger partial charge >= 0.3 is 0 Å². The van der Waals surface area contributed by atoms with Gasteiger partial charge in [0.1, 0.15) is 39.3 Å². The maximum Gasteiger partial charge on any atom is 0.291 e. The molecule has 0 aliphatic carbocycles. The van der Waals surface area contributed by atoms with E-state index in [1.54, 1.807) is 30.3 Å². The van der Waals surface area contributed by atoms with Crippen LogP contribution < -0.4 is 15.8 Å². The highest BCUT2D eigenvalue weighted by Gasteiger charge is 2.26. The highest BCUT2D eigenvalue weighted by atomic mass is 32.1. The fraction of sp³-hybridized carbons (Fsp3) is 0.0741. The van der Waals surface area contributed by atoms with Crippen molar-refractivity contribution in [3.8, 4) is 16.9 Å². The number of aromatic nitrogens is 1. The van der Waals surface area contributed by atoms with Gasteiger partial charge in [0.05, 0.1) is 5.69 Å². The van der Waals surface area contributed by atoms with E-state index in [9.17, 15) is 22.8 Å². The van der Waals surface area contributed by atoms with E-state index in [-0.39, 0.29) is 27.8 Å². The van der Waals surface area contributed by atoms with E-state index in [4.69, 9.17) is 14.9 Å². The van der Waals surface area contributed by atoms with Crippen molar-refractivity contribution in [2.75, 3.05) is 5.32 Å². The summed E-state index contributed by atoms with van der Waals surface area (Å²) in [7, 11) is 0. The van der Waals surface area contributed by atoms with Crippen LogP contribution in [0.5, 0.6) is 5.75 Å². The van der Waals surface area contributed by atoms with Gasteiger partial charge in [0.2, 0.25) is 0 Å². The maximum atomic E-state index is 13.6. The lowest BCUT2D eigenvalue weighted by molar-refractivity contribution is 0.0992. The quantitative estimate of drug-likeness (QED) is 0.233. The Morgan fingerprint density at radius 2 is 1.79 bits per heavy atom. The molecule has 2 amide bonds. The highest BCUT2D eigenvalue weighted by Crippen LogP contribution is 2.42. The maximum absolute atomic E-state index is 13.6. The lowest BCUT2D eigenvalue weighted by Crippen LogP contribution is -2.16. The molecule has 0 saturated carbocycles. The molecule has 192 valence electrons. The van der Waals surface area contributed by atoms with E-state index in [0.29, 0.717) is 28.0 Å². The molecule has 0 spiro atoms. The van der Waals surface area contributed by atoms with Gasteiger partial charge in [-0.3, -0.25) is 9.59 Å². The number of anilines is 1. The summed E-state index contributed by atoms with van der Waals surface area (Å²) in [5.74, 6) is -1.31. The number of nitrogens with one attached hydrogen (secondary N) is 1. The van der Waals surface area contributed by atoms with Crippen molar-refractivity contribution in [1.29, 1.82) is 0 Å². The molecule has 0 aliphatic heterocycles. The molecule has 11 heteroatoms. The summed E-state index contributed by atoms with van der Waals surface area (Å²) in [5.41, 5.74) is 6.10. The standard InChI is InChI=1S/C27H18F3N3O4S/c28-15-6-8-16(9-7-15)36-13-17-10-11-20(37-17)26(35)33-22-21-18(14-4-2-1-3-5-14)12-19(24(29)30)32-27(21)38-23(22)25(31)34/h1-12,24H,13H2,(H2,31,34)(H,33,35). The van der Waals surface area contributed by atoms with E-state index in [1.807, 2.05) is 0 Å². The second-order valence-corrected chi connectivity index (χ2v) is 9.07. The number of ether oxygens (including phenoxy) is 1. The minimum Gasteiger partial charge on any atom is -0.486 e. The number of furan rings is 1. The van der Waals surface area contributed by atoms with Crippen molar-refractivity contribution in [2.24, 2.45) is 5.73 Å². The van der Waals surface area contributed by atoms with Crippen LogP contribution in [-0.2, 0) is 6.61 Å². The van der Waals surface area contributed by atoms with Crippen molar-refractivity contribution in [2.45, 2.75) is 13.0 Å². The van der Waals surface area contributed by atoms with E-state index >= 15 is 0 Å². The van der Waals surface area contributed by atoms with Crippen LogP contribution in [0.1, 0.15) is 38.1 Å². The van der Waals surface area contributed by atoms with Crippen LogP contribution in [0.2, 0.25) is 0 Å². The number of benzene rings is 2. The number of rotatable bonds is 8. The summed E-state index contributed by atoms with van der Waals surface area (Å²) in [4.78, 5) is 29.5. The third-order valence-electron chi connectivity index (χ3n) is 5.53. The fourth-order valence-corrected chi connectivity index (χ4v) is 4.82. The van der Waals surface area contributed by atoms with Crippen molar-refractivity contribution in [1.82, 2.24) is 4.98 Å². The molecular weight excluding hydrogens is 519 g/mol. The zero-order chi connectivity index (χ0) is 26.8. The molecule has 2 aromatic carbocycles. The predicted octanol–water partition coefficient (Wildman–Crippen LogP) is 6.56. The second kappa shape index (κ2) is 10.4. The lowest BCUT2D eigenvalue weighted by atomic mass is 10.0. The summed E-state index contributed by atoms with van der Waals surface area (Å²) in [5, 5.41) is 2.96. The largest absolute Gasteiger partial charge is 0.486 e. The lowest BCUT2D eigenvalue weighted by Gasteiger charge is -2.10. The Labute approximate surface area is 217 Å². The molecule has 38 heavy (non-hydrogen) atoms. The summed E-state index contributed by atoms with van der Waals surface area (Å²) >= 11 is 0.811. The van der Waals surface area contributed by atoms with E-state index in [1.165, 1.54) is 42.5 Å². The summed E-state index contributed by atoms with van der Waals surface area (Å²) in [6, 6.07) is 18.3. The van der Waals surface area contributed by atoms with Crippen molar-refractivity contribution in [3.63, 3.8) is 0 Å². The molecule has 0 aliphatic rings. The zero-order valence-electron chi connectivity index (χ0n) is 19.4. The Hall–Kier alpha value is -4.64. The molecule has 3 aromatic heterocycles. The first-order valence-corrected chi connectivity index (χ1v) is 12.0. The second-order valence-electron chi connectivity index (χ2n) is 8.07. The number of nitrogens with zero attached hydrogens (tertiary/aromatic N) is 1. The van der Waals surface area contributed by atoms with Crippen LogP contribution in [0.3, 0.4) is 0 Å². The number of fused-ring (bicyclic) bond motifs is 1. The van der Waals surface area contributed by atoms with Crippen molar-refractivity contribution >= 4 is 39.1 Å². The Balaban J connectivity index is 1.49. The molecule has 5 rings (SSSR count). The summed E-state index contributed by atoms with van der Waals surface area (Å²) in [6.45, 7) is -0.0225. The highest BCUT2D eigenvalue weighted by molar-refractivity contribution is 7.21. The van der Waals surface area contributed by atoms with Crippen LogP contribution >= 0.6 is 11.3 Å². The predicted molar refractivity (Wildman–Crippen MR) is 136 cm³/mol. The van der Waals surface area contributed by atoms with E-state index in [2.05, 4.69) is 10.3 Å². The van der Waals surface area contributed by atoms with Crippen LogP contribution in [0.25, 0.3) is 21.3 Å². The van der Waals surface area contributed by atoms with E-state index in [0.717, 1.165) is 11.3 Å². The number of nitrogens with two attached hydrogens (primary N) is 1. The number of amides is 2. The van der Waals surface area contributed by atoms with Gasteiger partial charge < -0.3 is 20.2 Å². The molecule has 3 N–H and O–H groups in total. The van der Waals surface area contributed by atoms with Gasteiger partial charge in [-0.1, -0.05) is 30.3 Å². The van der Waals surface area contributed by atoms with Gasteiger partial charge in [-0.15, -0.1) is 11.3 Å². The molecule has 0 unspecified atom stereocenters. The van der Waals surface area contributed by atoms with Gasteiger partial charge in [0.15, 0.2) is 5.76 Å². The van der Waals surface area contributed by atoms with Crippen LogP contribution in [-0.4, -0.2) is 16.8 Å². The molecular formula is C27H18F3N3O4S. The van der Waals surface area contributed by atoms with Gasteiger partial charge in [-0.05, 0) is 53.6 Å². The number of alkyl halides is 2. The zero-order valence-corrected chi connectivity index (χ0v) is 20.2. The number of carbonyl (C=O) groups is 2. The Bertz CT molecular complexity index is 1630. The molecule has 7 nitrogen and oxygen atoms in total. The fourth-order valence-electron chi connectivity index (χ4n) is 3.81. The summed E-state index contributed by atoms with van der Waals surface area (Å²) in [6.07, 6.45) is -2.85. The SMILES string of the molecule is NC(=O)c1sc2nc(C(F)F)cc(-c3ccccc3)c2c1NC(=O)c1ccc(COc2ccc(F)cc2)o1. The van der Waals surface area contributed by atoms with Crippen LogP contribution in [0.15, 0.2) is 77.2 Å². The Morgan fingerprint density at radius 1 is 1.05 bits per heavy atom. The molecule has 0 bridgehead atoms. The normalized spacial score (nSPS) is 11.2. The van der Waals surface area contributed by atoms with Crippen LogP contribution in [0, 0.1) is 5.82 Å². The van der Waals surface area contributed by atoms with Gasteiger partial charge in [0, 0.05) is 5.39 Å². The minimum absolute atomic E-state index is 0.0225. The van der Waals surface area contributed by atoms with Gasteiger partial charge in [0.25, 0.3) is 18.2 Å². The number of halogens is 3. The number of hydrogen-bond donors (Lipinski definition) is 2. The molecule has 3 heterocycles. The smallest absolute Gasteiger partial charge is 0.291 e. The van der Waals surface area contributed by atoms with Gasteiger partial charge in [-0.2, -0.15) is 0 Å². The summed E-state index contributed by atoms with van der Waals surface area (Å²) < 4.78 is 51.4. The molecule has 0 fully saturated rings. The number of primary amides is 1. The number of thiophene rings is 1. The third kappa shape index (κ3) is 5.09. The monoisotopic (exact) mass is 537 g/mol. The first-order valence-electron chi connectivity index (χ1n) is 11.2. The topological polar surface area (TPSA) is 107 Å². The van der Waals surface area contributed by atoms with E-state index < -0.39 is 29.8 Å². The minimum atomic E-state index is -2.85. The average Bonchev–Trinajstić information content (AvgIpc) is 3.53. The number of pyridine rings is 1. The molecule has 5 aromatic rings. The Kier molecular flexibility index (Phi) is 6.84. The number of carbonyl (C=O) groups excluding carboxylic acids is 2. The van der Waals surface area contributed by atoms with Crippen LogP contribution in [0.4, 0.5) is 18.9 Å². The van der Waals surface area contributed by atoms with Crippen molar-refractivity contribution in [3.05, 3.63) is 101 Å².